The van der Waals surface area contributed by atoms with Crippen molar-refractivity contribution in [1.82, 2.24) is 0 Å². The lowest BCUT2D eigenvalue weighted by Crippen LogP contribution is -2.60. The number of carbonyl (C=O) groups is 1. The number of carboxylic acid groups (broad SMARTS) is 1. The molecule has 82 valence electrons. The van der Waals surface area contributed by atoms with Crippen LogP contribution >= 0.6 is 0 Å². The SMILES string of the molecule is CO[C@H]1O[C@H](C(=O)O)[C@H](O)[C@@H](O)[C@H]1O. The van der Waals surface area contributed by atoms with Crippen molar-refractivity contribution >= 4 is 5.97 Å². The zero-order valence-electron chi connectivity index (χ0n) is 7.40. The van der Waals surface area contributed by atoms with Crippen molar-refractivity contribution in [2.45, 2.75) is 30.7 Å². The standard InChI is InChI=1S/C7H12O7/c1-13-7-4(10)2(8)3(9)5(14-7)6(11)12/h2-5,7-10H,1H3,(H,11,12)/t2-,3-,4-,5+,7+/m1/s1. The number of hydrogen-bond acceptors (Lipinski definition) is 6. The maximum Gasteiger partial charge on any atom is 0.335 e. The molecular formula is C7H12O7. The molecule has 0 saturated carbocycles. The van der Waals surface area contributed by atoms with E-state index in [1.54, 1.807) is 0 Å². The van der Waals surface area contributed by atoms with Crippen molar-refractivity contribution in [1.29, 1.82) is 0 Å². The summed E-state index contributed by atoms with van der Waals surface area (Å²) in [5, 5.41) is 36.3. The highest BCUT2D eigenvalue weighted by atomic mass is 16.7. The Balaban J connectivity index is 2.78. The first kappa shape index (κ1) is 11.3. The van der Waals surface area contributed by atoms with Gasteiger partial charge in [-0.05, 0) is 0 Å². The predicted octanol–water partition coefficient (Wildman–Crippen LogP) is -2.47. The molecule has 1 aliphatic heterocycles. The van der Waals surface area contributed by atoms with E-state index in [2.05, 4.69) is 4.74 Å². The predicted molar refractivity (Wildman–Crippen MR) is 41.3 cm³/mol. The Morgan fingerprint density at radius 1 is 1.21 bits per heavy atom. The Labute approximate surface area is 79.5 Å². The highest BCUT2D eigenvalue weighted by Crippen LogP contribution is 2.21. The van der Waals surface area contributed by atoms with E-state index in [0.717, 1.165) is 0 Å². The smallest absolute Gasteiger partial charge is 0.335 e. The second-order valence-corrected chi connectivity index (χ2v) is 2.97. The first-order chi connectivity index (χ1) is 6.49. The largest absolute Gasteiger partial charge is 0.479 e. The second kappa shape index (κ2) is 4.20. The van der Waals surface area contributed by atoms with Gasteiger partial charge in [0.25, 0.3) is 0 Å². The van der Waals surface area contributed by atoms with Gasteiger partial charge in [0.15, 0.2) is 12.4 Å². The minimum Gasteiger partial charge on any atom is -0.479 e. The highest BCUT2D eigenvalue weighted by molar-refractivity contribution is 5.73. The van der Waals surface area contributed by atoms with E-state index < -0.39 is 36.7 Å². The van der Waals surface area contributed by atoms with Crippen LogP contribution in [-0.2, 0) is 14.3 Å². The van der Waals surface area contributed by atoms with Crippen LogP contribution in [0.3, 0.4) is 0 Å². The summed E-state index contributed by atoms with van der Waals surface area (Å²) in [6, 6.07) is 0. The molecule has 0 aromatic heterocycles. The molecular weight excluding hydrogens is 196 g/mol. The van der Waals surface area contributed by atoms with Crippen molar-refractivity contribution in [2.75, 3.05) is 7.11 Å². The molecule has 0 aliphatic carbocycles. The van der Waals surface area contributed by atoms with E-state index in [-0.39, 0.29) is 0 Å². The van der Waals surface area contributed by atoms with E-state index in [4.69, 9.17) is 9.84 Å². The quantitative estimate of drug-likeness (QED) is 0.397. The molecule has 0 amide bonds. The third-order valence-corrected chi connectivity index (χ3v) is 2.05. The first-order valence-electron chi connectivity index (χ1n) is 3.94. The minimum atomic E-state index is -1.67. The average molecular weight is 208 g/mol. The normalized spacial score (nSPS) is 43.6. The van der Waals surface area contributed by atoms with E-state index >= 15 is 0 Å². The number of hydrogen-bond donors (Lipinski definition) is 4. The van der Waals surface area contributed by atoms with Gasteiger partial charge < -0.3 is 29.9 Å². The number of carboxylic acids is 1. The summed E-state index contributed by atoms with van der Waals surface area (Å²) in [5.41, 5.74) is 0. The zero-order valence-corrected chi connectivity index (χ0v) is 7.40. The van der Waals surface area contributed by atoms with Gasteiger partial charge in [-0.2, -0.15) is 0 Å². The van der Waals surface area contributed by atoms with E-state index in [9.17, 15) is 20.1 Å². The molecule has 4 N–H and O–H groups in total. The van der Waals surface area contributed by atoms with Gasteiger partial charge in [0, 0.05) is 7.11 Å². The zero-order chi connectivity index (χ0) is 10.9. The van der Waals surface area contributed by atoms with Crippen molar-refractivity contribution in [2.24, 2.45) is 0 Å². The Kier molecular flexibility index (Phi) is 3.40. The van der Waals surface area contributed by atoms with Gasteiger partial charge in [-0.1, -0.05) is 0 Å². The maximum absolute atomic E-state index is 10.5. The summed E-state index contributed by atoms with van der Waals surface area (Å²) in [6.45, 7) is 0. The summed E-state index contributed by atoms with van der Waals surface area (Å²) in [4.78, 5) is 10.5. The number of rotatable bonds is 2. The van der Waals surface area contributed by atoms with Gasteiger partial charge >= 0.3 is 5.97 Å². The molecule has 5 atom stereocenters. The lowest BCUT2D eigenvalue weighted by atomic mass is 9.99. The van der Waals surface area contributed by atoms with E-state index in [0.29, 0.717) is 0 Å². The van der Waals surface area contributed by atoms with Crippen LogP contribution in [0.5, 0.6) is 0 Å². The van der Waals surface area contributed by atoms with Gasteiger partial charge in [0.05, 0.1) is 0 Å². The second-order valence-electron chi connectivity index (χ2n) is 2.97. The first-order valence-corrected chi connectivity index (χ1v) is 3.94. The fourth-order valence-corrected chi connectivity index (χ4v) is 1.25. The Hall–Kier alpha value is -0.730. The summed E-state index contributed by atoms with van der Waals surface area (Å²) < 4.78 is 9.31. The summed E-state index contributed by atoms with van der Waals surface area (Å²) in [5.74, 6) is -1.43. The summed E-state index contributed by atoms with van der Waals surface area (Å²) in [7, 11) is 1.19. The molecule has 0 aromatic rings. The molecule has 0 radical (unpaired) electrons. The van der Waals surface area contributed by atoms with Gasteiger partial charge in [0.2, 0.25) is 0 Å². The molecule has 7 heteroatoms. The van der Waals surface area contributed by atoms with Gasteiger partial charge in [-0.3, -0.25) is 0 Å². The lowest BCUT2D eigenvalue weighted by molar-refractivity contribution is -0.287. The Morgan fingerprint density at radius 2 is 1.79 bits per heavy atom. The maximum atomic E-state index is 10.5. The monoisotopic (exact) mass is 208 g/mol. The number of methoxy groups -OCH3 is 1. The minimum absolute atomic E-state index is 1.19. The van der Waals surface area contributed by atoms with Crippen molar-refractivity contribution in [3.8, 4) is 0 Å². The average Bonchev–Trinajstić information content (AvgIpc) is 2.14. The van der Waals surface area contributed by atoms with Crippen molar-refractivity contribution < 1.29 is 34.7 Å². The number of ether oxygens (including phenoxy) is 2. The van der Waals surface area contributed by atoms with Crippen LogP contribution in [-0.4, -0.2) is 64.2 Å². The lowest BCUT2D eigenvalue weighted by Gasteiger charge is -2.37. The molecule has 0 spiro atoms. The molecule has 14 heavy (non-hydrogen) atoms. The highest BCUT2D eigenvalue weighted by Gasteiger charge is 2.46. The number of aliphatic hydroxyl groups is 3. The van der Waals surface area contributed by atoms with E-state index in [1.807, 2.05) is 0 Å². The molecule has 0 aromatic carbocycles. The Bertz CT molecular complexity index is 216. The van der Waals surface area contributed by atoms with Crippen LogP contribution in [0.1, 0.15) is 0 Å². The van der Waals surface area contributed by atoms with Crippen molar-refractivity contribution in [3.63, 3.8) is 0 Å². The third kappa shape index (κ3) is 1.86. The molecule has 1 heterocycles. The molecule has 0 unspecified atom stereocenters. The molecule has 0 bridgehead atoms. The molecule has 7 nitrogen and oxygen atoms in total. The van der Waals surface area contributed by atoms with Crippen LogP contribution in [0, 0.1) is 0 Å². The molecule has 1 saturated heterocycles. The van der Waals surface area contributed by atoms with Gasteiger partial charge in [-0.25, -0.2) is 4.79 Å². The topological polar surface area (TPSA) is 116 Å². The number of aliphatic carboxylic acids is 1. The summed E-state index contributed by atoms with van der Waals surface area (Å²) in [6.07, 6.45) is -7.60. The molecule has 1 aliphatic rings. The van der Waals surface area contributed by atoms with Crippen LogP contribution in [0.4, 0.5) is 0 Å². The van der Waals surface area contributed by atoms with Crippen LogP contribution < -0.4 is 0 Å². The van der Waals surface area contributed by atoms with Crippen molar-refractivity contribution in [3.05, 3.63) is 0 Å². The van der Waals surface area contributed by atoms with Gasteiger partial charge in [-0.15, -0.1) is 0 Å². The fourth-order valence-electron chi connectivity index (χ4n) is 1.25. The van der Waals surface area contributed by atoms with Crippen LogP contribution in [0.2, 0.25) is 0 Å². The fraction of sp³-hybridized carbons (Fsp3) is 0.857. The molecule has 1 fully saturated rings. The van der Waals surface area contributed by atoms with Gasteiger partial charge in [0.1, 0.15) is 18.3 Å². The van der Waals surface area contributed by atoms with Crippen LogP contribution in [0.25, 0.3) is 0 Å². The Morgan fingerprint density at radius 3 is 2.21 bits per heavy atom. The van der Waals surface area contributed by atoms with E-state index in [1.165, 1.54) is 7.11 Å². The summed E-state index contributed by atoms with van der Waals surface area (Å²) >= 11 is 0. The molecule has 1 rings (SSSR count). The number of aliphatic hydroxyl groups excluding tert-OH is 3. The third-order valence-electron chi connectivity index (χ3n) is 2.05. The van der Waals surface area contributed by atoms with Crippen LogP contribution in [0.15, 0.2) is 0 Å².